The Morgan fingerprint density at radius 1 is 1.16 bits per heavy atom. The summed E-state index contributed by atoms with van der Waals surface area (Å²) in [5, 5.41) is 0.803. The first kappa shape index (κ1) is 14.9. The Balaban J connectivity index is 1.81. The summed E-state index contributed by atoms with van der Waals surface area (Å²) in [7, 11) is 0. The zero-order valence-corrected chi connectivity index (χ0v) is 12.7. The molecule has 1 aliphatic carbocycles. The van der Waals surface area contributed by atoms with Gasteiger partial charge in [0, 0.05) is 11.1 Å². The summed E-state index contributed by atoms with van der Waals surface area (Å²) in [6.45, 7) is 2.29. The van der Waals surface area contributed by atoms with Crippen molar-refractivity contribution in [2.24, 2.45) is 17.6 Å². The molecule has 1 fully saturated rings. The average Bonchev–Trinajstić information content (AvgIpc) is 2.42. The lowest BCUT2D eigenvalue weighted by atomic mass is 9.76. The number of nitrogens with two attached hydrogens (primary N) is 1. The Morgan fingerprint density at radius 2 is 1.79 bits per heavy atom. The van der Waals surface area contributed by atoms with E-state index in [1.807, 2.05) is 12.1 Å². The van der Waals surface area contributed by atoms with Crippen molar-refractivity contribution in [3.8, 4) is 0 Å². The molecular formula is C17H26ClN. The van der Waals surface area contributed by atoms with Crippen LogP contribution in [0.5, 0.6) is 0 Å². The van der Waals surface area contributed by atoms with Crippen molar-refractivity contribution in [3.05, 3.63) is 34.9 Å². The second-order valence-electron chi connectivity index (χ2n) is 6.06. The smallest absolute Gasteiger partial charge is 0.0406 e. The number of hydrogen-bond acceptors (Lipinski definition) is 1. The van der Waals surface area contributed by atoms with Crippen molar-refractivity contribution in [2.45, 2.75) is 57.9 Å². The molecule has 0 spiro atoms. The fourth-order valence-electron chi connectivity index (χ4n) is 3.37. The van der Waals surface area contributed by atoms with Gasteiger partial charge < -0.3 is 5.73 Å². The van der Waals surface area contributed by atoms with Crippen LogP contribution in [-0.4, -0.2) is 6.04 Å². The number of benzene rings is 1. The normalized spacial score (nSPS) is 25.2. The highest BCUT2D eigenvalue weighted by atomic mass is 35.5. The molecule has 1 saturated carbocycles. The molecule has 1 nitrogen and oxygen atoms in total. The molecule has 1 aliphatic rings. The Kier molecular flexibility index (Phi) is 5.72. The molecule has 1 aromatic rings. The van der Waals surface area contributed by atoms with E-state index in [0.717, 1.165) is 17.4 Å². The van der Waals surface area contributed by atoms with Gasteiger partial charge in [0.2, 0.25) is 0 Å². The van der Waals surface area contributed by atoms with Crippen molar-refractivity contribution in [2.75, 3.05) is 0 Å². The molecule has 2 N–H and O–H groups in total. The largest absolute Gasteiger partial charge is 0.327 e. The summed E-state index contributed by atoms with van der Waals surface area (Å²) < 4.78 is 0. The van der Waals surface area contributed by atoms with Gasteiger partial charge in [-0.1, -0.05) is 56.3 Å². The molecule has 1 aromatic carbocycles. The number of rotatable bonds is 5. The van der Waals surface area contributed by atoms with Crippen LogP contribution in [0.4, 0.5) is 0 Å². The van der Waals surface area contributed by atoms with E-state index in [9.17, 15) is 0 Å². The average molecular weight is 280 g/mol. The van der Waals surface area contributed by atoms with E-state index in [1.165, 1.54) is 44.1 Å². The molecule has 0 bridgehead atoms. The minimum absolute atomic E-state index is 0.309. The van der Waals surface area contributed by atoms with Crippen LogP contribution >= 0.6 is 11.6 Å². The van der Waals surface area contributed by atoms with Gasteiger partial charge in [0.05, 0.1) is 0 Å². The van der Waals surface area contributed by atoms with Gasteiger partial charge in [-0.15, -0.1) is 0 Å². The fourth-order valence-corrected chi connectivity index (χ4v) is 3.50. The number of hydrogen-bond donors (Lipinski definition) is 1. The highest BCUT2D eigenvalue weighted by Gasteiger charge is 2.25. The Hall–Kier alpha value is -0.530. The second kappa shape index (κ2) is 7.31. The highest BCUT2D eigenvalue weighted by Crippen LogP contribution is 2.33. The molecule has 2 heteroatoms. The van der Waals surface area contributed by atoms with Crippen LogP contribution in [0.25, 0.3) is 0 Å². The van der Waals surface area contributed by atoms with Crippen molar-refractivity contribution in [1.29, 1.82) is 0 Å². The molecule has 0 aromatic heterocycles. The summed E-state index contributed by atoms with van der Waals surface area (Å²) in [6, 6.07) is 8.43. The molecule has 2 rings (SSSR count). The van der Waals surface area contributed by atoms with Crippen molar-refractivity contribution in [3.63, 3.8) is 0 Å². The lowest BCUT2D eigenvalue weighted by Gasteiger charge is -2.32. The monoisotopic (exact) mass is 279 g/mol. The maximum atomic E-state index is 6.40. The van der Waals surface area contributed by atoms with Gasteiger partial charge in [0.25, 0.3) is 0 Å². The van der Waals surface area contributed by atoms with Gasteiger partial charge >= 0.3 is 0 Å². The maximum absolute atomic E-state index is 6.40. The third kappa shape index (κ3) is 4.50. The first-order chi connectivity index (χ1) is 9.19. The molecule has 0 radical (unpaired) electrons. The van der Waals surface area contributed by atoms with Gasteiger partial charge in [0.1, 0.15) is 0 Å². The number of halogens is 1. The minimum Gasteiger partial charge on any atom is -0.327 e. The summed E-state index contributed by atoms with van der Waals surface area (Å²) in [5.41, 5.74) is 7.72. The molecule has 0 heterocycles. The zero-order valence-electron chi connectivity index (χ0n) is 11.9. The van der Waals surface area contributed by atoms with Crippen LogP contribution in [0.3, 0.4) is 0 Å². The van der Waals surface area contributed by atoms with Crippen molar-refractivity contribution < 1.29 is 0 Å². The fraction of sp³-hybridized carbons (Fsp3) is 0.647. The molecule has 19 heavy (non-hydrogen) atoms. The molecule has 1 unspecified atom stereocenters. The van der Waals surface area contributed by atoms with E-state index in [1.54, 1.807) is 0 Å². The van der Waals surface area contributed by atoms with Crippen LogP contribution in [0.1, 0.15) is 51.0 Å². The van der Waals surface area contributed by atoms with E-state index in [4.69, 9.17) is 17.3 Å². The first-order valence-electron chi connectivity index (χ1n) is 7.69. The van der Waals surface area contributed by atoms with Crippen LogP contribution < -0.4 is 5.73 Å². The summed E-state index contributed by atoms with van der Waals surface area (Å²) >= 11 is 5.91. The Bertz CT molecular complexity index is 365. The second-order valence-corrected chi connectivity index (χ2v) is 6.50. The van der Waals surface area contributed by atoms with Crippen molar-refractivity contribution >= 4 is 11.6 Å². The predicted octanol–water partition coefficient (Wildman–Crippen LogP) is 4.82. The Morgan fingerprint density at radius 3 is 2.37 bits per heavy atom. The van der Waals surface area contributed by atoms with Crippen LogP contribution in [0.2, 0.25) is 5.02 Å². The molecule has 0 saturated heterocycles. The third-order valence-electron chi connectivity index (χ3n) is 4.58. The lowest BCUT2D eigenvalue weighted by molar-refractivity contribution is 0.232. The Labute approximate surface area is 122 Å². The topological polar surface area (TPSA) is 26.0 Å². The summed E-state index contributed by atoms with van der Waals surface area (Å²) in [5.74, 6) is 1.67. The minimum atomic E-state index is 0.309. The van der Waals surface area contributed by atoms with Gasteiger partial charge in [-0.05, 0) is 48.8 Å². The van der Waals surface area contributed by atoms with Gasteiger partial charge in [0.15, 0.2) is 0 Å². The molecule has 106 valence electrons. The lowest BCUT2D eigenvalue weighted by Crippen LogP contribution is -2.34. The molecular weight excluding hydrogens is 254 g/mol. The van der Waals surface area contributed by atoms with E-state index in [2.05, 4.69) is 19.1 Å². The van der Waals surface area contributed by atoms with E-state index in [-0.39, 0.29) is 0 Å². The SMILES string of the molecule is CCCC1CCC(C(N)Cc2ccc(Cl)cc2)CC1. The van der Waals surface area contributed by atoms with Gasteiger partial charge in [-0.25, -0.2) is 0 Å². The highest BCUT2D eigenvalue weighted by molar-refractivity contribution is 6.30. The van der Waals surface area contributed by atoms with E-state index in [0.29, 0.717) is 12.0 Å². The van der Waals surface area contributed by atoms with Gasteiger partial charge in [-0.2, -0.15) is 0 Å². The van der Waals surface area contributed by atoms with Crippen LogP contribution in [-0.2, 0) is 6.42 Å². The molecule has 0 amide bonds. The zero-order chi connectivity index (χ0) is 13.7. The van der Waals surface area contributed by atoms with Gasteiger partial charge in [-0.3, -0.25) is 0 Å². The van der Waals surface area contributed by atoms with Crippen molar-refractivity contribution in [1.82, 2.24) is 0 Å². The van der Waals surface area contributed by atoms with Crippen LogP contribution in [0, 0.1) is 11.8 Å². The predicted molar refractivity (Wildman–Crippen MR) is 83.5 cm³/mol. The molecule has 0 aliphatic heterocycles. The van der Waals surface area contributed by atoms with E-state index < -0.39 is 0 Å². The van der Waals surface area contributed by atoms with Crippen LogP contribution in [0.15, 0.2) is 24.3 Å². The standard InChI is InChI=1S/C17H26ClN/c1-2-3-13-4-8-15(9-5-13)17(19)12-14-6-10-16(18)11-7-14/h6-7,10-11,13,15,17H,2-5,8-9,12,19H2,1H3. The quantitative estimate of drug-likeness (QED) is 0.822. The molecule has 1 atom stereocenters. The maximum Gasteiger partial charge on any atom is 0.0406 e. The third-order valence-corrected chi connectivity index (χ3v) is 4.83. The first-order valence-corrected chi connectivity index (χ1v) is 8.07. The summed E-state index contributed by atoms with van der Waals surface area (Å²) in [4.78, 5) is 0. The summed E-state index contributed by atoms with van der Waals surface area (Å²) in [6.07, 6.45) is 9.12. The van der Waals surface area contributed by atoms with E-state index >= 15 is 0 Å².